The van der Waals surface area contributed by atoms with Crippen LogP contribution in [0, 0.1) is 0 Å². The van der Waals surface area contributed by atoms with Crippen LogP contribution in [0.4, 0.5) is 0 Å². The van der Waals surface area contributed by atoms with Gasteiger partial charge in [-0.3, -0.25) is 9.78 Å². The summed E-state index contributed by atoms with van der Waals surface area (Å²) in [6.07, 6.45) is 3.80. The lowest BCUT2D eigenvalue weighted by Gasteiger charge is -2.29. The Hall–Kier alpha value is -2.25. The van der Waals surface area contributed by atoms with Gasteiger partial charge in [0, 0.05) is 32.3 Å². The predicted octanol–water partition coefficient (Wildman–Crippen LogP) is 1.82. The van der Waals surface area contributed by atoms with Crippen molar-refractivity contribution < 1.29 is 13.2 Å². The molecule has 0 bridgehead atoms. The molecule has 1 aliphatic rings. The van der Waals surface area contributed by atoms with E-state index in [2.05, 4.69) is 11.1 Å². The zero-order valence-electron chi connectivity index (χ0n) is 14.8. The first kappa shape index (κ1) is 18.5. The number of rotatable bonds is 6. The minimum Gasteiger partial charge on any atom is -0.338 e. The van der Waals surface area contributed by atoms with Gasteiger partial charge in [-0.2, -0.15) is 4.31 Å². The lowest BCUT2D eigenvalue weighted by Crippen LogP contribution is -2.39. The number of nitrogens with zero attached hydrogens (tertiary/aromatic N) is 3. The second-order valence-electron chi connectivity index (χ2n) is 6.50. The summed E-state index contributed by atoms with van der Waals surface area (Å²) in [5.74, 6) is -0.0193. The second kappa shape index (κ2) is 7.97. The predicted molar refractivity (Wildman–Crippen MR) is 99.7 cm³/mol. The van der Waals surface area contributed by atoms with Crippen LogP contribution in [-0.2, 0) is 34.3 Å². The normalized spacial score (nSPS) is 14.3. The summed E-state index contributed by atoms with van der Waals surface area (Å²) in [6, 6.07) is 13.5. The molecule has 0 saturated carbocycles. The molecule has 0 N–H and O–H groups in total. The summed E-state index contributed by atoms with van der Waals surface area (Å²) in [5.41, 5.74) is 3.11. The molecule has 0 atom stereocenters. The molecule has 1 amide bonds. The van der Waals surface area contributed by atoms with Crippen LogP contribution in [0.5, 0.6) is 0 Å². The molecule has 0 unspecified atom stereocenters. The van der Waals surface area contributed by atoms with Crippen LogP contribution in [0.3, 0.4) is 0 Å². The van der Waals surface area contributed by atoms with Crippen molar-refractivity contribution in [2.75, 3.05) is 19.3 Å². The van der Waals surface area contributed by atoms with E-state index in [1.807, 2.05) is 29.2 Å². The number of benzene rings is 1. The molecule has 0 spiro atoms. The van der Waals surface area contributed by atoms with Gasteiger partial charge in [0.05, 0.1) is 18.5 Å². The lowest BCUT2D eigenvalue weighted by atomic mass is 10.00. The number of carbonyl (C=O) groups excluding carboxylic acids is 1. The van der Waals surface area contributed by atoms with Gasteiger partial charge in [0.2, 0.25) is 15.9 Å². The van der Waals surface area contributed by atoms with E-state index in [0.29, 0.717) is 18.8 Å². The standard InChI is InChI=1S/C19H23N3O3S/c1-26(24,25)22(15-18-8-4-5-11-20-18)13-10-19(23)21-12-9-16-6-2-3-7-17(16)14-21/h2-8,11H,9-10,12-15H2,1H3. The highest BCUT2D eigenvalue weighted by Crippen LogP contribution is 2.19. The molecule has 26 heavy (non-hydrogen) atoms. The summed E-state index contributed by atoms with van der Waals surface area (Å²) in [7, 11) is -3.42. The molecule has 0 fully saturated rings. The molecule has 3 rings (SSSR count). The van der Waals surface area contributed by atoms with Crippen molar-refractivity contribution in [2.45, 2.75) is 25.9 Å². The molecule has 2 aromatic rings. The van der Waals surface area contributed by atoms with Crippen LogP contribution in [0.15, 0.2) is 48.7 Å². The zero-order chi connectivity index (χ0) is 18.6. The van der Waals surface area contributed by atoms with Crippen molar-refractivity contribution in [3.8, 4) is 0 Å². The number of amides is 1. The fourth-order valence-corrected chi connectivity index (χ4v) is 3.91. The maximum atomic E-state index is 12.6. The topological polar surface area (TPSA) is 70.6 Å². The van der Waals surface area contributed by atoms with Gasteiger partial charge in [0.1, 0.15) is 0 Å². The molecule has 138 valence electrons. The molecule has 1 aromatic carbocycles. The van der Waals surface area contributed by atoms with Gasteiger partial charge in [-0.1, -0.05) is 30.3 Å². The molecule has 7 heteroatoms. The van der Waals surface area contributed by atoms with Crippen LogP contribution in [0.25, 0.3) is 0 Å². The number of sulfonamides is 1. The molecule has 1 aromatic heterocycles. The Morgan fingerprint density at radius 1 is 1.15 bits per heavy atom. The molecule has 0 saturated heterocycles. The van der Waals surface area contributed by atoms with Crippen LogP contribution < -0.4 is 0 Å². The van der Waals surface area contributed by atoms with Gasteiger partial charge in [0.15, 0.2) is 0 Å². The highest BCUT2D eigenvalue weighted by molar-refractivity contribution is 7.88. The van der Waals surface area contributed by atoms with Gasteiger partial charge in [0.25, 0.3) is 0 Å². The highest BCUT2D eigenvalue weighted by atomic mass is 32.2. The van der Waals surface area contributed by atoms with Crippen molar-refractivity contribution >= 4 is 15.9 Å². The van der Waals surface area contributed by atoms with Crippen molar-refractivity contribution in [3.63, 3.8) is 0 Å². The molecule has 0 radical (unpaired) electrons. The fourth-order valence-electron chi connectivity index (χ4n) is 3.12. The highest BCUT2D eigenvalue weighted by Gasteiger charge is 2.23. The summed E-state index contributed by atoms with van der Waals surface area (Å²) in [4.78, 5) is 18.6. The van der Waals surface area contributed by atoms with Gasteiger partial charge in [-0.25, -0.2) is 8.42 Å². The maximum absolute atomic E-state index is 12.6. The number of carbonyl (C=O) groups is 1. The van der Waals surface area contributed by atoms with Crippen molar-refractivity contribution in [2.24, 2.45) is 0 Å². The van der Waals surface area contributed by atoms with Crippen LogP contribution >= 0.6 is 0 Å². The average Bonchev–Trinajstić information content (AvgIpc) is 2.64. The first-order valence-corrected chi connectivity index (χ1v) is 10.5. The Kier molecular flexibility index (Phi) is 5.68. The van der Waals surface area contributed by atoms with Crippen molar-refractivity contribution in [1.82, 2.24) is 14.2 Å². The third kappa shape index (κ3) is 4.68. The first-order valence-electron chi connectivity index (χ1n) is 8.63. The van der Waals surface area contributed by atoms with E-state index in [1.54, 1.807) is 18.3 Å². The number of pyridine rings is 1. The Balaban J connectivity index is 1.61. The third-order valence-electron chi connectivity index (χ3n) is 4.59. The second-order valence-corrected chi connectivity index (χ2v) is 8.48. The Morgan fingerprint density at radius 2 is 1.88 bits per heavy atom. The molecular formula is C19H23N3O3S. The molecular weight excluding hydrogens is 350 g/mol. The van der Waals surface area contributed by atoms with E-state index in [9.17, 15) is 13.2 Å². The first-order chi connectivity index (χ1) is 12.4. The molecule has 1 aliphatic heterocycles. The Bertz CT molecular complexity index is 869. The van der Waals surface area contributed by atoms with Gasteiger partial charge in [-0.05, 0) is 29.7 Å². The summed E-state index contributed by atoms with van der Waals surface area (Å²) in [6.45, 7) is 1.60. The van der Waals surface area contributed by atoms with Gasteiger partial charge in [-0.15, -0.1) is 0 Å². The minimum atomic E-state index is -3.42. The monoisotopic (exact) mass is 373 g/mol. The quantitative estimate of drug-likeness (QED) is 0.774. The Labute approximate surface area is 154 Å². The average molecular weight is 373 g/mol. The van der Waals surface area contributed by atoms with Crippen molar-refractivity contribution in [3.05, 3.63) is 65.5 Å². The largest absolute Gasteiger partial charge is 0.338 e. The molecule has 0 aliphatic carbocycles. The third-order valence-corrected chi connectivity index (χ3v) is 5.84. The van der Waals surface area contributed by atoms with Crippen LogP contribution in [0.1, 0.15) is 23.2 Å². The number of hydrogen-bond acceptors (Lipinski definition) is 4. The van der Waals surface area contributed by atoms with E-state index in [0.717, 1.165) is 12.7 Å². The number of hydrogen-bond donors (Lipinski definition) is 0. The van der Waals surface area contributed by atoms with E-state index < -0.39 is 10.0 Å². The van der Waals surface area contributed by atoms with E-state index >= 15 is 0 Å². The number of fused-ring (bicyclic) bond motifs is 1. The van der Waals surface area contributed by atoms with E-state index in [1.165, 1.54) is 15.4 Å². The maximum Gasteiger partial charge on any atom is 0.224 e. The van der Waals surface area contributed by atoms with Crippen molar-refractivity contribution in [1.29, 1.82) is 0 Å². The summed E-state index contributed by atoms with van der Waals surface area (Å²) >= 11 is 0. The summed E-state index contributed by atoms with van der Waals surface area (Å²) < 4.78 is 25.4. The van der Waals surface area contributed by atoms with E-state index in [-0.39, 0.29) is 25.4 Å². The van der Waals surface area contributed by atoms with Crippen LogP contribution in [-0.4, -0.2) is 47.9 Å². The van der Waals surface area contributed by atoms with E-state index in [4.69, 9.17) is 0 Å². The van der Waals surface area contributed by atoms with Gasteiger partial charge < -0.3 is 4.90 Å². The molecule has 6 nitrogen and oxygen atoms in total. The van der Waals surface area contributed by atoms with Gasteiger partial charge >= 0.3 is 0 Å². The summed E-state index contributed by atoms with van der Waals surface area (Å²) in [5, 5.41) is 0. The van der Waals surface area contributed by atoms with Crippen LogP contribution in [0.2, 0.25) is 0 Å². The smallest absolute Gasteiger partial charge is 0.224 e. The minimum absolute atomic E-state index is 0.0193. The zero-order valence-corrected chi connectivity index (χ0v) is 15.7. The lowest BCUT2D eigenvalue weighted by molar-refractivity contribution is -0.132. The SMILES string of the molecule is CS(=O)(=O)N(CCC(=O)N1CCc2ccccc2C1)Cc1ccccn1. The molecule has 2 heterocycles. The number of aromatic nitrogens is 1. The Morgan fingerprint density at radius 3 is 2.58 bits per heavy atom. The fraction of sp³-hybridized carbons (Fsp3) is 0.368.